The number of hydrogen-bond acceptors (Lipinski definition) is 2. The van der Waals surface area contributed by atoms with E-state index in [0.717, 1.165) is 20.3 Å². The maximum atomic E-state index is 3.58. The first-order valence-electron chi connectivity index (χ1n) is 5.45. The molecule has 2 aromatic rings. The normalized spacial score (nSPS) is 10.3. The first-order valence-corrected chi connectivity index (χ1v) is 8.45. The molecule has 0 heterocycles. The molecule has 0 spiro atoms. The molecule has 0 N–H and O–H groups in total. The number of hydrogen-bond donors (Lipinski definition) is 0. The lowest BCUT2D eigenvalue weighted by Crippen LogP contribution is -2.25. The van der Waals surface area contributed by atoms with Gasteiger partial charge in [0.25, 0.3) is 0 Å². The number of rotatable bonds is 4. The number of nitrogens with zero attached hydrogens (tertiary/aromatic N) is 2. The molecular formula is C13H10Br4N2. The predicted molar refractivity (Wildman–Crippen MR) is 96.0 cm³/mol. The third-order valence-electron chi connectivity index (χ3n) is 2.48. The Morgan fingerprint density at radius 1 is 0.684 bits per heavy atom. The molecule has 0 saturated carbocycles. The average molecular weight is 514 g/mol. The number of benzene rings is 2. The lowest BCUT2D eigenvalue weighted by molar-refractivity contribution is 1.06. The van der Waals surface area contributed by atoms with Gasteiger partial charge in [0.15, 0.2) is 0 Å². The van der Waals surface area contributed by atoms with Crippen LogP contribution in [0.5, 0.6) is 0 Å². The van der Waals surface area contributed by atoms with E-state index < -0.39 is 0 Å². The van der Waals surface area contributed by atoms with Crippen LogP contribution in [0.25, 0.3) is 0 Å². The number of anilines is 2. The van der Waals surface area contributed by atoms with E-state index in [-0.39, 0.29) is 0 Å². The third-order valence-corrected chi connectivity index (χ3v) is 5.03. The maximum absolute atomic E-state index is 3.58. The molecule has 19 heavy (non-hydrogen) atoms. The summed E-state index contributed by atoms with van der Waals surface area (Å²) in [5.41, 5.74) is 2.14. The monoisotopic (exact) mass is 510 g/mol. The standard InChI is InChI=1S/C13H10Br4N2/c14-10-5-1-3-7-12(10)18(16)9-19(17)13-8-4-2-6-11(13)15/h1-8H,9H2. The highest BCUT2D eigenvalue weighted by Crippen LogP contribution is 2.32. The van der Waals surface area contributed by atoms with Crippen molar-refractivity contribution in [3.8, 4) is 0 Å². The summed E-state index contributed by atoms with van der Waals surface area (Å²) < 4.78 is 6.04. The lowest BCUT2D eigenvalue weighted by atomic mass is 10.3. The molecule has 0 aromatic heterocycles. The van der Waals surface area contributed by atoms with Crippen LogP contribution in [-0.4, -0.2) is 6.67 Å². The van der Waals surface area contributed by atoms with Crippen LogP contribution in [0.15, 0.2) is 57.5 Å². The summed E-state index contributed by atoms with van der Waals surface area (Å²) in [5.74, 6) is 0. The lowest BCUT2D eigenvalue weighted by Gasteiger charge is -2.25. The van der Waals surface area contributed by atoms with Crippen molar-refractivity contribution < 1.29 is 0 Å². The Morgan fingerprint density at radius 3 is 1.42 bits per heavy atom. The minimum absolute atomic E-state index is 0.644. The summed E-state index contributed by atoms with van der Waals surface area (Å²) in [7, 11) is 0. The Labute approximate surface area is 146 Å². The average Bonchev–Trinajstić information content (AvgIpc) is 2.39. The smallest absolute Gasteiger partial charge is 0.112 e. The zero-order valence-electron chi connectivity index (χ0n) is 9.73. The van der Waals surface area contributed by atoms with Gasteiger partial charge in [0.1, 0.15) is 6.67 Å². The van der Waals surface area contributed by atoms with E-state index in [1.807, 2.05) is 56.4 Å². The highest BCUT2D eigenvalue weighted by Gasteiger charge is 2.12. The van der Waals surface area contributed by atoms with Crippen molar-refractivity contribution in [1.82, 2.24) is 0 Å². The van der Waals surface area contributed by atoms with Crippen molar-refractivity contribution in [3.05, 3.63) is 57.5 Å². The molecule has 0 unspecified atom stereocenters. The van der Waals surface area contributed by atoms with Crippen LogP contribution in [0.2, 0.25) is 0 Å². The van der Waals surface area contributed by atoms with Crippen LogP contribution in [-0.2, 0) is 0 Å². The summed E-state index contributed by atoms with van der Waals surface area (Å²) in [5, 5.41) is 0. The van der Waals surface area contributed by atoms with Crippen LogP contribution in [0.3, 0.4) is 0 Å². The Hall–Kier alpha value is -0.0400. The predicted octanol–water partition coefficient (Wildman–Crippen LogP) is 6.10. The summed E-state index contributed by atoms with van der Waals surface area (Å²) >= 11 is 14.2. The van der Waals surface area contributed by atoms with Crippen molar-refractivity contribution in [2.75, 3.05) is 14.5 Å². The Kier molecular flexibility index (Phi) is 5.74. The molecule has 2 rings (SSSR count). The second-order valence-electron chi connectivity index (χ2n) is 3.77. The van der Waals surface area contributed by atoms with Gasteiger partial charge in [0, 0.05) is 8.95 Å². The van der Waals surface area contributed by atoms with Crippen molar-refractivity contribution >= 4 is 75.5 Å². The zero-order valence-corrected chi connectivity index (χ0v) is 16.1. The Bertz CT molecular complexity index is 512. The van der Waals surface area contributed by atoms with E-state index >= 15 is 0 Å². The van der Waals surface area contributed by atoms with Gasteiger partial charge in [-0.1, -0.05) is 24.3 Å². The van der Waals surface area contributed by atoms with Gasteiger partial charge in [-0.05, 0) is 56.1 Å². The van der Waals surface area contributed by atoms with Crippen LogP contribution >= 0.6 is 64.2 Å². The highest BCUT2D eigenvalue weighted by molar-refractivity contribution is 9.11. The molecule has 0 amide bonds. The van der Waals surface area contributed by atoms with Crippen molar-refractivity contribution in [2.45, 2.75) is 0 Å². The molecular weight excluding hydrogens is 504 g/mol. The number of para-hydroxylation sites is 2. The molecule has 0 aliphatic rings. The minimum Gasteiger partial charge on any atom is -0.288 e. The summed E-state index contributed by atoms with van der Waals surface area (Å²) in [6.45, 7) is 0.644. The highest BCUT2D eigenvalue weighted by atomic mass is 79.9. The summed E-state index contributed by atoms with van der Waals surface area (Å²) in [6, 6.07) is 16.1. The van der Waals surface area contributed by atoms with Crippen LogP contribution in [0.4, 0.5) is 11.4 Å². The second-order valence-corrected chi connectivity index (χ2v) is 7.19. The molecule has 100 valence electrons. The molecule has 0 fully saturated rings. The minimum atomic E-state index is 0.644. The van der Waals surface area contributed by atoms with Crippen molar-refractivity contribution in [2.24, 2.45) is 0 Å². The van der Waals surface area contributed by atoms with Gasteiger partial charge in [-0.15, -0.1) is 0 Å². The fourth-order valence-corrected chi connectivity index (χ4v) is 4.40. The zero-order chi connectivity index (χ0) is 13.8. The first kappa shape index (κ1) is 15.4. The van der Waals surface area contributed by atoms with Gasteiger partial charge in [-0.2, -0.15) is 0 Å². The second kappa shape index (κ2) is 7.11. The van der Waals surface area contributed by atoms with E-state index in [0.29, 0.717) is 6.67 Å². The quantitative estimate of drug-likeness (QED) is 0.360. The molecule has 2 nitrogen and oxygen atoms in total. The van der Waals surface area contributed by atoms with E-state index in [1.54, 1.807) is 0 Å². The molecule has 0 bridgehead atoms. The fraction of sp³-hybridized carbons (Fsp3) is 0.0769. The third kappa shape index (κ3) is 3.97. The topological polar surface area (TPSA) is 6.48 Å². The van der Waals surface area contributed by atoms with Gasteiger partial charge in [-0.25, -0.2) is 0 Å². The van der Waals surface area contributed by atoms with E-state index in [4.69, 9.17) is 0 Å². The van der Waals surface area contributed by atoms with Crippen LogP contribution in [0, 0.1) is 0 Å². The molecule has 0 radical (unpaired) electrons. The van der Waals surface area contributed by atoms with Crippen molar-refractivity contribution in [1.29, 1.82) is 0 Å². The maximum Gasteiger partial charge on any atom is 0.112 e. The summed E-state index contributed by atoms with van der Waals surface area (Å²) in [6.07, 6.45) is 0. The molecule has 6 heteroatoms. The largest absolute Gasteiger partial charge is 0.288 e. The molecule has 0 saturated heterocycles. The van der Waals surface area contributed by atoms with E-state index in [2.05, 4.69) is 64.2 Å². The summed E-state index contributed by atoms with van der Waals surface area (Å²) in [4.78, 5) is 0. The SMILES string of the molecule is Brc1ccccc1N(Br)CN(Br)c1ccccc1Br. The van der Waals surface area contributed by atoms with Gasteiger partial charge < -0.3 is 0 Å². The molecule has 2 aromatic carbocycles. The van der Waals surface area contributed by atoms with Gasteiger partial charge in [-0.3, -0.25) is 7.85 Å². The van der Waals surface area contributed by atoms with Gasteiger partial charge >= 0.3 is 0 Å². The number of halogens is 4. The molecule has 0 aliphatic heterocycles. The van der Waals surface area contributed by atoms with Gasteiger partial charge in [0.05, 0.1) is 43.7 Å². The Balaban J connectivity index is 2.13. The van der Waals surface area contributed by atoms with Gasteiger partial charge in [0.2, 0.25) is 0 Å². The fourth-order valence-electron chi connectivity index (χ4n) is 1.56. The van der Waals surface area contributed by atoms with E-state index in [9.17, 15) is 0 Å². The van der Waals surface area contributed by atoms with Crippen LogP contribution in [0.1, 0.15) is 0 Å². The van der Waals surface area contributed by atoms with Crippen molar-refractivity contribution in [3.63, 3.8) is 0 Å². The Morgan fingerprint density at radius 2 is 1.05 bits per heavy atom. The van der Waals surface area contributed by atoms with Crippen LogP contribution < -0.4 is 7.85 Å². The first-order chi connectivity index (χ1) is 9.09. The molecule has 0 aliphatic carbocycles. The van der Waals surface area contributed by atoms with E-state index in [1.165, 1.54) is 0 Å². The molecule has 0 atom stereocenters.